The molecule has 0 bridgehead atoms. The van der Waals surface area contributed by atoms with E-state index in [4.69, 9.17) is 4.99 Å². The summed E-state index contributed by atoms with van der Waals surface area (Å²) in [5, 5.41) is 1.80. The normalized spacial score (nSPS) is 18.5. The molecule has 0 N–H and O–H groups in total. The molecule has 2 unspecified atom stereocenters. The maximum absolute atomic E-state index is 13.2. The second-order valence-corrected chi connectivity index (χ2v) is 15.9. The van der Waals surface area contributed by atoms with E-state index in [1.165, 1.54) is 36.3 Å². The molecular weight excluding hydrogens is 677 g/mol. The number of pyridine rings is 2. The number of hydrogen-bond donors (Lipinski definition) is 0. The number of rotatable bonds is 8. The monoisotopic (exact) mass is 722 g/mol. The van der Waals surface area contributed by atoms with Gasteiger partial charge in [-0.05, 0) is 56.9 Å². The largest absolute Gasteiger partial charge is 0.374 e. The molecule has 10 nitrogen and oxygen atoms in total. The summed E-state index contributed by atoms with van der Waals surface area (Å²) >= 11 is 3.02. The Labute approximate surface area is 307 Å². The Hall–Kier alpha value is -4.29. The van der Waals surface area contributed by atoms with Crippen LogP contribution >= 0.6 is 23.1 Å². The number of nitrogens with zero attached hydrogens (tertiary/aromatic N) is 8. The number of aliphatic imine (C=N–C) groups is 1. The average molecular weight is 723 g/mol. The lowest BCUT2D eigenvalue weighted by molar-refractivity contribution is -0.129. The van der Waals surface area contributed by atoms with Crippen LogP contribution in [0.25, 0.3) is 26.1 Å². The Bertz CT molecular complexity index is 2120. The minimum Gasteiger partial charge on any atom is -0.374 e. The minimum atomic E-state index is -0.148. The molecular formula is C39H46N8O2S2. The SMILES string of the molecule is CCCN(C)c1ccnc2c1C1N=CN(C3CCCCC3)C(=O)C1S2.CCCN(C)c1ccnc2sc3c(=O)n(-c4ccc(C)cc4)cnc3c12. The molecule has 266 valence electrons. The number of aromatic nitrogens is 4. The zero-order chi connectivity index (χ0) is 35.6. The molecule has 6 heterocycles. The first-order chi connectivity index (χ1) is 24.8. The number of benzene rings is 1. The first-order valence-electron chi connectivity index (χ1n) is 18.1. The van der Waals surface area contributed by atoms with Crippen molar-refractivity contribution >= 4 is 67.2 Å². The van der Waals surface area contributed by atoms with E-state index in [0.29, 0.717) is 10.7 Å². The molecule has 3 aliphatic rings. The zero-order valence-corrected chi connectivity index (χ0v) is 31.7. The summed E-state index contributed by atoms with van der Waals surface area (Å²) in [6.45, 7) is 8.29. The van der Waals surface area contributed by atoms with Crippen LogP contribution in [0.15, 0.2) is 69.9 Å². The number of thiophene rings is 1. The van der Waals surface area contributed by atoms with E-state index >= 15 is 0 Å². The van der Waals surface area contributed by atoms with Crippen LogP contribution in [0.4, 0.5) is 11.4 Å². The summed E-state index contributed by atoms with van der Waals surface area (Å²) in [5.41, 5.74) is 6.05. The van der Waals surface area contributed by atoms with Gasteiger partial charge in [0.1, 0.15) is 37.7 Å². The molecule has 1 aliphatic carbocycles. The van der Waals surface area contributed by atoms with Crippen molar-refractivity contribution in [3.8, 4) is 5.69 Å². The van der Waals surface area contributed by atoms with Crippen molar-refractivity contribution in [3.05, 3.63) is 76.6 Å². The van der Waals surface area contributed by atoms with Gasteiger partial charge in [-0.25, -0.2) is 15.0 Å². The smallest absolute Gasteiger partial charge is 0.275 e. The molecule has 1 aromatic carbocycles. The van der Waals surface area contributed by atoms with Crippen LogP contribution in [0, 0.1) is 6.92 Å². The van der Waals surface area contributed by atoms with Crippen LogP contribution in [-0.4, -0.2) is 75.1 Å². The van der Waals surface area contributed by atoms with Crippen molar-refractivity contribution in [2.24, 2.45) is 4.99 Å². The molecule has 0 radical (unpaired) electrons. The highest BCUT2D eigenvalue weighted by Gasteiger charge is 2.46. The molecule has 51 heavy (non-hydrogen) atoms. The van der Waals surface area contributed by atoms with Gasteiger partial charge >= 0.3 is 0 Å². The van der Waals surface area contributed by atoms with Crippen molar-refractivity contribution < 1.29 is 4.79 Å². The number of amides is 1. The van der Waals surface area contributed by atoms with Crippen LogP contribution in [0.5, 0.6) is 0 Å². The Morgan fingerprint density at radius 2 is 1.55 bits per heavy atom. The summed E-state index contributed by atoms with van der Waals surface area (Å²) in [7, 11) is 4.18. The van der Waals surface area contributed by atoms with Crippen LogP contribution < -0.4 is 15.4 Å². The van der Waals surface area contributed by atoms with Crippen molar-refractivity contribution in [3.63, 3.8) is 0 Å². The van der Waals surface area contributed by atoms with E-state index < -0.39 is 0 Å². The van der Waals surface area contributed by atoms with Crippen molar-refractivity contribution in [2.45, 2.75) is 88.1 Å². The van der Waals surface area contributed by atoms with Gasteiger partial charge in [-0.2, -0.15) is 0 Å². The van der Waals surface area contributed by atoms with Crippen LogP contribution in [-0.2, 0) is 4.79 Å². The van der Waals surface area contributed by atoms with Gasteiger partial charge in [-0.15, -0.1) is 11.3 Å². The van der Waals surface area contributed by atoms with Crippen molar-refractivity contribution in [1.29, 1.82) is 0 Å². The number of carbonyl (C=O) groups excluding carboxylic acids is 1. The topological polar surface area (TPSA) is 99.8 Å². The van der Waals surface area contributed by atoms with Gasteiger partial charge in [0, 0.05) is 56.9 Å². The van der Waals surface area contributed by atoms with E-state index in [-0.39, 0.29) is 22.8 Å². The first kappa shape index (κ1) is 35.1. The van der Waals surface area contributed by atoms with Gasteiger partial charge in [0.15, 0.2) is 0 Å². The number of carbonyl (C=O) groups is 1. The maximum atomic E-state index is 13.2. The molecule has 8 rings (SSSR count). The summed E-state index contributed by atoms with van der Waals surface area (Å²) in [6.07, 6.45) is 15.2. The molecule has 2 atom stereocenters. The van der Waals surface area contributed by atoms with Gasteiger partial charge in [0.25, 0.3) is 5.56 Å². The first-order valence-corrected chi connectivity index (χ1v) is 19.8. The second kappa shape index (κ2) is 15.1. The second-order valence-electron chi connectivity index (χ2n) is 13.7. The predicted molar refractivity (Wildman–Crippen MR) is 211 cm³/mol. The highest BCUT2D eigenvalue weighted by atomic mass is 32.2. The summed E-state index contributed by atoms with van der Waals surface area (Å²) in [4.78, 5) is 52.0. The summed E-state index contributed by atoms with van der Waals surface area (Å²) in [6, 6.07) is 12.2. The molecule has 1 fully saturated rings. The Kier molecular flexibility index (Phi) is 10.4. The molecule has 0 spiro atoms. The molecule has 2 aliphatic heterocycles. The third kappa shape index (κ3) is 6.75. The number of anilines is 2. The Morgan fingerprint density at radius 3 is 2.27 bits per heavy atom. The van der Waals surface area contributed by atoms with Gasteiger partial charge in [-0.1, -0.05) is 62.6 Å². The highest BCUT2D eigenvalue weighted by molar-refractivity contribution is 8.01. The average Bonchev–Trinajstić information content (AvgIpc) is 3.73. The molecule has 0 saturated heterocycles. The zero-order valence-electron chi connectivity index (χ0n) is 30.1. The fourth-order valence-electron chi connectivity index (χ4n) is 7.46. The number of aryl methyl sites for hydroxylation is 1. The summed E-state index contributed by atoms with van der Waals surface area (Å²) in [5.74, 6) is 0.221. The number of thioether (sulfide) groups is 1. The molecule has 4 aromatic heterocycles. The van der Waals surface area contributed by atoms with Crippen LogP contribution in [0.1, 0.15) is 76.0 Å². The van der Waals surface area contributed by atoms with Gasteiger partial charge < -0.3 is 9.80 Å². The standard InChI is InChI=1S/C20H20N4OS.C19H26N4OS/c1-4-11-23(3)15-9-10-21-19-16(15)17-18(26-19)20(25)24(12-22-17)14-7-5-13(2)6-8-14;1-3-11-22(2)14-9-10-20-18-15(14)16-17(25-18)19(24)23(12-21-16)13-7-5-4-6-8-13/h5-10,12H,4,11H2,1-3H3;9-10,12-13,16-17H,3-8,11H2,1-2H3. The minimum absolute atomic E-state index is 0.0500. The lowest BCUT2D eigenvalue weighted by Gasteiger charge is -2.36. The van der Waals surface area contributed by atoms with Crippen molar-refractivity contribution in [1.82, 2.24) is 24.4 Å². The third-order valence-corrected chi connectivity index (χ3v) is 12.4. The summed E-state index contributed by atoms with van der Waals surface area (Å²) < 4.78 is 2.25. The Balaban J connectivity index is 0.000000159. The number of fused-ring (bicyclic) bond motifs is 6. The highest BCUT2D eigenvalue weighted by Crippen LogP contribution is 2.51. The molecule has 12 heteroatoms. The lowest BCUT2D eigenvalue weighted by Crippen LogP contribution is -2.48. The quantitative estimate of drug-likeness (QED) is 0.160. The predicted octanol–water partition coefficient (Wildman–Crippen LogP) is 7.80. The van der Waals surface area contributed by atoms with E-state index in [9.17, 15) is 9.59 Å². The van der Waals surface area contributed by atoms with E-state index in [0.717, 1.165) is 82.0 Å². The van der Waals surface area contributed by atoms with Crippen LogP contribution in [0.2, 0.25) is 0 Å². The maximum Gasteiger partial charge on any atom is 0.275 e. The Morgan fingerprint density at radius 1 is 0.863 bits per heavy atom. The van der Waals surface area contributed by atoms with Crippen LogP contribution in [0.3, 0.4) is 0 Å². The van der Waals surface area contributed by atoms with Gasteiger partial charge in [0.2, 0.25) is 5.91 Å². The fraction of sp³-hybridized carbons (Fsp3) is 0.436. The van der Waals surface area contributed by atoms with E-state index in [1.807, 2.05) is 54.7 Å². The molecule has 1 amide bonds. The third-order valence-electron chi connectivity index (χ3n) is 10.1. The van der Waals surface area contributed by atoms with Gasteiger partial charge in [-0.3, -0.25) is 24.0 Å². The molecule has 1 saturated carbocycles. The van der Waals surface area contributed by atoms with Crippen molar-refractivity contribution in [2.75, 3.05) is 37.0 Å². The van der Waals surface area contributed by atoms with E-state index in [1.54, 1.807) is 28.9 Å². The van der Waals surface area contributed by atoms with Gasteiger partial charge in [0.05, 0.1) is 23.1 Å². The molecule has 5 aromatic rings. The van der Waals surface area contributed by atoms with E-state index in [2.05, 4.69) is 58.8 Å². The lowest BCUT2D eigenvalue weighted by atomic mass is 9.93. The fourth-order valence-corrected chi connectivity index (χ4v) is 9.78. The number of hydrogen-bond acceptors (Lipinski definition) is 10.